The van der Waals surface area contributed by atoms with Crippen LogP contribution in [-0.2, 0) is 16.0 Å². The molecule has 2 rings (SSSR count). The van der Waals surface area contributed by atoms with Gasteiger partial charge in [0.2, 0.25) is 5.91 Å². The summed E-state index contributed by atoms with van der Waals surface area (Å²) >= 11 is 0. The number of nitrogens with zero attached hydrogens (tertiary/aromatic N) is 1. The van der Waals surface area contributed by atoms with Crippen molar-refractivity contribution in [3.05, 3.63) is 36.0 Å². The van der Waals surface area contributed by atoms with Gasteiger partial charge in [0.15, 0.2) is 0 Å². The Balaban J connectivity index is 1.96. The molecule has 142 valence electrons. The molecule has 2 aromatic rings. The van der Waals surface area contributed by atoms with Crippen LogP contribution in [0.4, 0.5) is 4.79 Å². The van der Waals surface area contributed by atoms with Crippen LogP contribution in [-0.4, -0.2) is 46.6 Å². The molecule has 0 bridgehead atoms. The summed E-state index contributed by atoms with van der Waals surface area (Å²) in [6.45, 7) is 9.56. The summed E-state index contributed by atoms with van der Waals surface area (Å²) in [5.41, 5.74) is 0.824. The fourth-order valence-corrected chi connectivity index (χ4v) is 2.88. The maximum absolute atomic E-state index is 12.6. The number of H-pyrrole nitrogens is 1. The van der Waals surface area contributed by atoms with Crippen LogP contribution in [0.2, 0.25) is 0 Å². The highest BCUT2D eigenvalue weighted by Crippen LogP contribution is 2.19. The Kier molecular flexibility index (Phi) is 5.64. The number of aromatic nitrogens is 1. The number of carbonyl (C=O) groups excluding carboxylic acids is 2. The molecule has 0 fully saturated rings. The molecular weight excluding hydrogens is 330 g/mol. The lowest BCUT2D eigenvalue weighted by Crippen LogP contribution is -2.53. The number of alkyl carbamates (subject to hydrolysis) is 1. The van der Waals surface area contributed by atoms with Crippen molar-refractivity contribution >= 4 is 22.9 Å². The van der Waals surface area contributed by atoms with E-state index in [1.54, 1.807) is 11.9 Å². The van der Waals surface area contributed by atoms with Crippen LogP contribution in [0.3, 0.4) is 0 Å². The van der Waals surface area contributed by atoms with Crippen LogP contribution in [0.15, 0.2) is 30.5 Å². The molecule has 2 N–H and O–H groups in total. The van der Waals surface area contributed by atoms with Gasteiger partial charge in [-0.25, -0.2) is 4.79 Å². The number of likely N-dealkylation sites (N-methyl/N-ethyl adjacent to an activating group) is 1. The summed E-state index contributed by atoms with van der Waals surface area (Å²) in [6.07, 6.45) is 1.70. The van der Waals surface area contributed by atoms with E-state index in [9.17, 15) is 9.59 Å². The third-order valence-corrected chi connectivity index (χ3v) is 3.91. The molecule has 26 heavy (non-hydrogen) atoms. The van der Waals surface area contributed by atoms with Gasteiger partial charge in [-0.05, 0) is 46.2 Å². The first-order valence-electron chi connectivity index (χ1n) is 8.77. The van der Waals surface area contributed by atoms with E-state index in [2.05, 4.69) is 10.3 Å². The van der Waals surface area contributed by atoms with Crippen LogP contribution >= 0.6 is 0 Å². The molecule has 1 heterocycles. The van der Waals surface area contributed by atoms with E-state index in [0.29, 0.717) is 13.0 Å². The number of fused-ring (bicyclic) bond motifs is 1. The van der Waals surface area contributed by atoms with E-state index >= 15 is 0 Å². The van der Waals surface area contributed by atoms with Crippen LogP contribution < -0.4 is 5.32 Å². The molecule has 0 saturated heterocycles. The number of amides is 2. The number of hydrogen-bond acceptors (Lipinski definition) is 3. The summed E-state index contributed by atoms with van der Waals surface area (Å²) in [5.74, 6) is -0.00573. The van der Waals surface area contributed by atoms with E-state index in [0.717, 1.165) is 16.5 Å². The largest absolute Gasteiger partial charge is 0.444 e. The number of nitrogens with one attached hydrogen (secondary N) is 2. The fraction of sp³-hybridized carbons (Fsp3) is 0.500. The van der Waals surface area contributed by atoms with Crippen molar-refractivity contribution in [3.63, 3.8) is 0 Å². The van der Waals surface area contributed by atoms with Gasteiger partial charge in [0.05, 0.1) is 12.0 Å². The maximum atomic E-state index is 12.6. The second-order valence-corrected chi connectivity index (χ2v) is 8.30. The van der Waals surface area contributed by atoms with Crippen molar-refractivity contribution in [2.75, 3.05) is 13.6 Å². The molecule has 0 unspecified atom stereocenters. The lowest BCUT2D eigenvalue weighted by Gasteiger charge is -2.32. The second-order valence-electron chi connectivity index (χ2n) is 8.30. The number of para-hydroxylation sites is 1. The van der Waals surface area contributed by atoms with Crippen molar-refractivity contribution in [2.45, 2.75) is 52.2 Å². The van der Waals surface area contributed by atoms with E-state index < -0.39 is 17.2 Å². The highest BCUT2D eigenvalue weighted by atomic mass is 16.6. The van der Waals surface area contributed by atoms with Crippen molar-refractivity contribution in [1.29, 1.82) is 0 Å². The average molecular weight is 359 g/mol. The molecule has 0 aliphatic heterocycles. The third kappa shape index (κ3) is 5.51. The Morgan fingerprint density at radius 2 is 1.81 bits per heavy atom. The Morgan fingerprint density at radius 3 is 2.46 bits per heavy atom. The van der Waals surface area contributed by atoms with E-state index in [1.807, 2.05) is 65.1 Å². The number of aromatic amines is 1. The van der Waals surface area contributed by atoms with E-state index in [1.165, 1.54) is 0 Å². The molecule has 1 aromatic carbocycles. The first-order valence-corrected chi connectivity index (χ1v) is 8.77. The lowest BCUT2D eigenvalue weighted by atomic mass is 10.0. The molecule has 0 atom stereocenters. The fourth-order valence-electron chi connectivity index (χ4n) is 2.88. The molecule has 0 spiro atoms. The third-order valence-electron chi connectivity index (χ3n) is 3.91. The van der Waals surface area contributed by atoms with Crippen LogP contribution in [0.25, 0.3) is 10.9 Å². The van der Waals surface area contributed by atoms with Gasteiger partial charge in [0.25, 0.3) is 0 Å². The van der Waals surface area contributed by atoms with Crippen molar-refractivity contribution < 1.29 is 14.3 Å². The number of benzene rings is 1. The second kappa shape index (κ2) is 7.40. The summed E-state index contributed by atoms with van der Waals surface area (Å²) < 4.78 is 5.29. The van der Waals surface area contributed by atoms with Gasteiger partial charge in [-0.1, -0.05) is 18.2 Å². The van der Waals surface area contributed by atoms with Gasteiger partial charge in [0, 0.05) is 30.7 Å². The lowest BCUT2D eigenvalue weighted by molar-refractivity contribution is -0.130. The molecule has 0 saturated carbocycles. The van der Waals surface area contributed by atoms with Crippen LogP contribution in [0, 0.1) is 0 Å². The van der Waals surface area contributed by atoms with E-state index in [4.69, 9.17) is 4.74 Å². The van der Waals surface area contributed by atoms with Crippen LogP contribution in [0.1, 0.15) is 40.2 Å². The highest BCUT2D eigenvalue weighted by Gasteiger charge is 2.27. The molecule has 1 aromatic heterocycles. The minimum Gasteiger partial charge on any atom is -0.444 e. The van der Waals surface area contributed by atoms with E-state index in [-0.39, 0.29) is 5.91 Å². The number of ether oxygens (including phenoxy) is 1. The first-order chi connectivity index (χ1) is 12.0. The van der Waals surface area contributed by atoms with Gasteiger partial charge in [-0.2, -0.15) is 0 Å². The summed E-state index contributed by atoms with van der Waals surface area (Å²) in [4.78, 5) is 29.4. The molecular formula is C20H29N3O3. The minimum atomic E-state index is -0.604. The topological polar surface area (TPSA) is 74.4 Å². The Labute approximate surface area is 154 Å². The van der Waals surface area contributed by atoms with Gasteiger partial charge >= 0.3 is 6.09 Å². The molecule has 0 radical (unpaired) electrons. The molecule has 0 aliphatic carbocycles. The van der Waals surface area contributed by atoms with Crippen molar-refractivity contribution in [1.82, 2.24) is 15.2 Å². The summed E-state index contributed by atoms with van der Waals surface area (Å²) in [6, 6.07) is 7.91. The number of rotatable bonds is 5. The molecule has 0 aliphatic rings. The molecule has 2 amide bonds. The predicted molar refractivity (Wildman–Crippen MR) is 103 cm³/mol. The van der Waals surface area contributed by atoms with Gasteiger partial charge in [-0.3, -0.25) is 4.79 Å². The summed E-state index contributed by atoms with van der Waals surface area (Å²) in [7, 11) is 1.75. The Bertz CT molecular complexity index is 787. The Morgan fingerprint density at radius 1 is 1.15 bits per heavy atom. The number of carbonyl (C=O) groups is 2. The monoisotopic (exact) mass is 359 g/mol. The smallest absolute Gasteiger partial charge is 0.408 e. The minimum absolute atomic E-state index is 0.00573. The SMILES string of the molecule is CN(CC(C)(C)NC(=O)OC(C)(C)C)C(=O)Cc1c[nH]c2ccccc12. The zero-order valence-electron chi connectivity index (χ0n) is 16.5. The average Bonchev–Trinajstić information content (AvgIpc) is 2.87. The van der Waals surface area contributed by atoms with Gasteiger partial charge < -0.3 is 19.9 Å². The maximum Gasteiger partial charge on any atom is 0.408 e. The Hall–Kier alpha value is -2.50. The van der Waals surface area contributed by atoms with Crippen LogP contribution in [0.5, 0.6) is 0 Å². The zero-order valence-corrected chi connectivity index (χ0v) is 16.5. The highest BCUT2D eigenvalue weighted by molar-refractivity contribution is 5.88. The normalized spacial score (nSPS) is 12.1. The predicted octanol–water partition coefficient (Wildman–Crippen LogP) is 3.47. The molecule has 6 heteroatoms. The summed E-state index contributed by atoms with van der Waals surface area (Å²) in [5, 5.41) is 3.88. The first kappa shape index (κ1) is 19.8. The quantitative estimate of drug-likeness (QED) is 0.858. The molecule has 6 nitrogen and oxygen atoms in total. The zero-order chi connectivity index (χ0) is 19.5. The standard InChI is InChI=1S/C20H29N3O3/c1-19(2,3)26-18(25)22-20(4,5)13-23(6)17(24)11-14-12-21-16-10-8-7-9-15(14)16/h7-10,12,21H,11,13H2,1-6H3,(H,22,25). The number of hydrogen-bond donors (Lipinski definition) is 2. The van der Waals surface area contributed by atoms with Crippen molar-refractivity contribution in [2.24, 2.45) is 0 Å². The van der Waals surface area contributed by atoms with Gasteiger partial charge in [0.1, 0.15) is 5.60 Å². The van der Waals surface area contributed by atoms with Crippen molar-refractivity contribution in [3.8, 4) is 0 Å². The van der Waals surface area contributed by atoms with Gasteiger partial charge in [-0.15, -0.1) is 0 Å².